The Morgan fingerprint density at radius 3 is 2.60 bits per heavy atom. The van der Waals surface area contributed by atoms with Crippen molar-refractivity contribution in [2.45, 2.75) is 26.2 Å². The molecule has 0 aromatic rings. The van der Waals surface area contributed by atoms with Gasteiger partial charge in [0.15, 0.2) is 0 Å². The largest absolute Gasteiger partial charge is 0.303 e. The average molecular weight is 138 g/mol. The van der Waals surface area contributed by atoms with E-state index in [-0.39, 0.29) is 0 Å². The van der Waals surface area contributed by atoms with E-state index >= 15 is 0 Å². The lowest BCUT2D eigenvalue weighted by atomic mass is 10.2. The van der Waals surface area contributed by atoms with Crippen LogP contribution in [0.3, 0.4) is 0 Å². The molecule has 0 aromatic carbocycles. The number of rotatable bonds is 5. The van der Waals surface area contributed by atoms with Crippen LogP contribution < -0.4 is 0 Å². The lowest BCUT2D eigenvalue weighted by Gasteiger charge is -1.84. The van der Waals surface area contributed by atoms with Crippen molar-refractivity contribution in [3.05, 3.63) is 24.3 Å². The number of aldehydes is 1. The monoisotopic (exact) mass is 138 g/mol. The van der Waals surface area contributed by atoms with Crippen LogP contribution in [0.15, 0.2) is 24.3 Å². The number of carbonyl (C=O) groups is 1. The summed E-state index contributed by atoms with van der Waals surface area (Å²) in [5.41, 5.74) is 0. The fourth-order valence-electron chi connectivity index (χ4n) is 0.605. The minimum atomic E-state index is 0.681. The molecule has 0 radical (unpaired) electrons. The van der Waals surface area contributed by atoms with Gasteiger partial charge in [0, 0.05) is 6.42 Å². The van der Waals surface area contributed by atoms with Crippen LogP contribution in [0.2, 0.25) is 0 Å². The SMILES string of the molecule is CC=CC=CCCCC=O. The van der Waals surface area contributed by atoms with Crippen molar-refractivity contribution < 1.29 is 4.79 Å². The summed E-state index contributed by atoms with van der Waals surface area (Å²) in [5.74, 6) is 0. The van der Waals surface area contributed by atoms with Gasteiger partial charge >= 0.3 is 0 Å². The Morgan fingerprint density at radius 2 is 2.00 bits per heavy atom. The Kier molecular flexibility index (Phi) is 7.46. The molecular formula is C9H14O. The molecule has 1 nitrogen and oxygen atoms in total. The summed E-state index contributed by atoms with van der Waals surface area (Å²) in [6.45, 7) is 1.98. The molecule has 0 atom stereocenters. The zero-order chi connectivity index (χ0) is 7.66. The van der Waals surface area contributed by atoms with Gasteiger partial charge < -0.3 is 4.79 Å². The summed E-state index contributed by atoms with van der Waals surface area (Å²) in [6.07, 6.45) is 11.7. The average Bonchev–Trinajstić information content (AvgIpc) is 1.97. The van der Waals surface area contributed by atoms with Crippen LogP contribution in [0.5, 0.6) is 0 Å². The van der Waals surface area contributed by atoms with Gasteiger partial charge in [-0.2, -0.15) is 0 Å². The minimum absolute atomic E-state index is 0.681. The van der Waals surface area contributed by atoms with E-state index in [4.69, 9.17) is 0 Å². The maximum Gasteiger partial charge on any atom is 0.120 e. The smallest absolute Gasteiger partial charge is 0.120 e. The zero-order valence-corrected chi connectivity index (χ0v) is 6.42. The third-order valence-electron chi connectivity index (χ3n) is 1.13. The molecule has 0 bridgehead atoms. The Labute approximate surface area is 62.4 Å². The van der Waals surface area contributed by atoms with Gasteiger partial charge in [0.05, 0.1) is 0 Å². The predicted molar refractivity (Wildman–Crippen MR) is 43.9 cm³/mol. The van der Waals surface area contributed by atoms with Crippen LogP contribution in [0, 0.1) is 0 Å². The van der Waals surface area contributed by atoms with Gasteiger partial charge in [-0.05, 0) is 19.8 Å². The van der Waals surface area contributed by atoms with Gasteiger partial charge in [0.1, 0.15) is 6.29 Å². The van der Waals surface area contributed by atoms with E-state index in [1.807, 2.05) is 25.2 Å². The second-order valence-corrected chi connectivity index (χ2v) is 2.05. The molecule has 0 fully saturated rings. The molecule has 1 heteroatoms. The number of allylic oxidation sites excluding steroid dienone is 4. The molecule has 0 rings (SSSR count). The normalized spacial score (nSPS) is 11.3. The van der Waals surface area contributed by atoms with E-state index in [0.29, 0.717) is 6.42 Å². The highest BCUT2D eigenvalue weighted by Gasteiger charge is 1.79. The lowest BCUT2D eigenvalue weighted by molar-refractivity contribution is -0.107. The van der Waals surface area contributed by atoms with Gasteiger partial charge in [-0.25, -0.2) is 0 Å². The van der Waals surface area contributed by atoms with Crippen LogP contribution in [0.4, 0.5) is 0 Å². The summed E-state index contributed by atoms with van der Waals surface area (Å²) in [6, 6.07) is 0. The van der Waals surface area contributed by atoms with E-state index in [1.165, 1.54) is 0 Å². The summed E-state index contributed by atoms with van der Waals surface area (Å²) in [4.78, 5) is 9.86. The summed E-state index contributed by atoms with van der Waals surface area (Å²) in [5, 5.41) is 0. The quantitative estimate of drug-likeness (QED) is 0.324. The lowest BCUT2D eigenvalue weighted by Crippen LogP contribution is -1.72. The van der Waals surface area contributed by atoms with Gasteiger partial charge in [-0.3, -0.25) is 0 Å². The molecular weight excluding hydrogens is 124 g/mol. The van der Waals surface area contributed by atoms with Crippen LogP contribution in [-0.2, 0) is 4.79 Å². The molecule has 56 valence electrons. The van der Waals surface area contributed by atoms with Crippen molar-refractivity contribution in [1.29, 1.82) is 0 Å². The first-order chi connectivity index (χ1) is 4.91. The molecule has 0 spiro atoms. The molecule has 0 N–H and O–H groups in total. The maximum absolute atomic E-state index is 9.86. The highest BCUT2D eigenvalue weighted by atomic mass is 16.1. The highest BCUT2D eigenvalue weighted by molar-refractivity contribution is 5.49. The van der Waals surface area contributed by atoms with Gasteiger partial charge in [0.2, 0.25) is 0 Å². The second kappa shape index (κ2) is 8.15. The number of carbonyl (C=O) groups excluding carboxylic acids is 1. The van der Waals surface area contributed by atoms with Crippen LogP contribution in [-0.4, -0.2) is 6.29 Å². The summed E-state index contributed by atoms with van der Waals surface area (Å²) in [7, 11) is 0. The first-order valence-electron chi connectivity index (χ1n) is 3.63. The topological polar surface area (TPSA) is 17.1 Å². The second-order valence-electron chi connectivity index (χ2n) is 2.05. The Balaban J connectivity index is 3.09. The molecule has 0 aliphatic rings. The minimum Gasteiger partial charge on any atom is -0.303 e. The Morgan fingerprint density at radius 1 is 1.20 bits per heavy atom. The predicted octanol–water partition coefficient (Wildman–Crippen LogP) is 2.49. The summed E-state index contributed by atoms with van der Waals surface area (Å²) >= 11 is 0. The molecule has 10 heavy (non-hydrogen) atoms. The molecule has 0 saturated carbocycles. The molecule has 0 aliphatic heterocycles. The van der Waals surface area contributed by atoms with Crippen molar-refractivity contribution in [2.75, 3.05) is 0 Å². The first kappa shape index (κ1) is 9.15. The van der Waals surface area contributed by atoms with Gasteiger partial charge in [-0.1, -0.05) is 24.3 Å². The van der Waals surface area contributed by atoms with Crippen molar-refractivity contribution in [3.63, 3.8) is 0 Å². The Hall–Kier alpha value is -0.850. The third kappa shape index (κ3) is 7.15. The third-order valence-corrected chi connectivity index (χ3v) is 1.13. The van der Waals surface area contributed by atoms with Crippen molar-refractivity contribution in [3.8, 4) is 0 Å². The molecule has 0 amide bonds. The first-order valence-corrected chi connectivity index (χ1v) is 3.63. The van der Waals surface area contributed by atoms with Crippen molar-refractivity contribution in [2.24, 2.45) is 0 Å². The number of hydrogen-bond donors (Lipinski definition) is 0. The van der Waals surface area contributed by atoms with Gasteiger partial charge in [0.25, 0.3) is 0 Å². The molecule has 0 heterocycles. The van der Waals surface area contributed by atoms with E-state index in [1.54, 1.807) is 0 Å². The van der Waals surface area contributed by atoms with Crippen molar-refractivity contribution in [1.82, 2.24) is 0 Å². The fraction of sp³-hybridized carbons (Fsp3) is 0.444. The van der Waals surface area contributed by atoms with E-state index in [9.17, 15) is 4.79 Å². The maximum atomic E-state index is 9.86. The van der Waals surface area contributed by atoms with Crippen LogP contribution in [0.25, 0.3) is 0 Å². The van der Waals surface area contributed by atoms with E-state index < -0.39 is 0 Å². The Bertz CT molecular complexity index is 123. The van der Waals surface area contributed by atoms with Crippen LogP contribution >= 0.6 is 0 Å². The van der Waals surface area contributed by atoms with E-state index in [0.717, 1.165) is 19.1 Å². The van der Waals surface area contributed by atoms with Crippen molar-refractivity contribution >= 4 is 6.29 Å². The molecule has 0 saturated heterocycles. The van der Waals surface area contributed by atoms with Gasteiger partial charge in [-0.15, -0.1) is 0 Å². The molecule has 0 aromatic heterocycles. The highest BCUT2D eigenvalue weighted by Crippen LogP contribution is 1.93. The summed E-state index contributed by atoms with van der Waals surface area (Å²) < 4.78 is 0. The molecule has 0 aliphatic carbocycles. The van der Waals surface area contributed by atoms with E-state index in [2.05, 4.69) is 6.08 Å². The number of unbranched alkanes of at least 4 members (excludes halogenated alkanes) is 2. The number of hydrogen-bond acceptors (Lipinski definition) is 1. The zero-order valence-electron chi connectivity index (χ0n) is 6.42. The standard InChI is InChI=1S/C9H14O/c1-2-3-4-5-6-7-8-9-10/h2-5,9H,6-8H2,1H3. The fourth-order valence-corrected chi connectivity index (χ4v) is 0.605. The van der Waals surface area contributed by atoms with Crippen LogP contribution in [0.1, 0.15) is 26.2 Å². The molecule has 0 unspecified atom stereocenters.